The van der Waals surface area contributed by atoms with Crippen LogP contribution in [0, 0.1) is 10.8 Å². The highest BCUT2D eigenvalue weighted by atomic mass is 16.5. The second-order valence-corrected chi connectivity index (χ2v) is 8.84. The molecule has 2 aromatic rings. The zero-order chi connectivity index (χ0) is 24.3. The van der Waals surface area contributed by atoms with Crippen LogP contribution in [-0.4, -0.2) is 54.7 Å². The van der Waals surface area contributed by atoms with Gasteiger partial charge in [0.25, 0.3) is 5.91 Å². The van der Waals surface area contributed by atoms with Crippen molar-refractivity contribution in [1.29, 1.82) is 5.41 Å². The summed E-state index contributed by atoms with van der Waals surface area (Å²) < 4.78 is 5.51. The van der Waals surface area contributed by atoms with Crippen LogP contribution in [0.5, 0.6) is 5.75 Å². The van der Waals surface area contributed by atoms with Gasteiger partial charge in [0.2, 0.25) is 5.91 Å². The molecule has 1 aromatic heterocycles. The molecule has 0 unspecified atom stereocenters. The van der Waals surface area contributed by atoms with Gasteiger partial charge in [0, 0.05) is 61.1 Å². The van der Waals surface area contributed by atoms with Crippen LogP contribution < -0.4 is 15.4 Å². The summed E-state index contributed by atoms with van der Waals surface area (Å²) in [7, 11) is 1.56. The van der Waals surface area contributed by atoms with Crippen molar-refractivity contribution in [2.24, 2.45) is 11.1 Å². The van der Waals surface area contributed by atoms with Gasteiger partial charge in [-0.25, -0.2) is 0 Å². The lowest BCUT2D eigenvalue weighted by molar-refractivity contribution is -0.127. The summed E-state index contributed by atoms with van der Waals surface area (Å²) in [4.78, 5) is 34.4. The van der Waals surface area contributed by atoms with E-state index in [0.717, 1.165) is 24.1 Å². The first-order valence-electron chi connectivity index (χ1n) is 11.6. The highest BCUT2D eigenvalue weighted by molar-refractivity contribution is 6.09. The molecule has 2 aliphatic heterocycles. The quantitative estimate of drug-likeness (QED) is 0.641. The molecule has 0 saturated carbocycles. The number of hydrogen-bond acceptors (Lipinski definition) is 6. The van der Waals surface area contributed by atoms with Crippen molar-refractivity contribution in [3.63, 3.8) is 0 Å². The number of aryl methyl sites for hydroxylation is 1. The predicted octanol–water partition coefficient (Wildman–Crippen LogP) is 3.26. The van der Waals surface area contributed by atoms with E-state index in [4.69, 9.17) is 15.9 Å². The van der Waals surface area contributed by atoms with Gasteiger partial charge in [-0.05, 0) is 49.4 Å². The summed E-state index contributed by atoms with van der Waals surface area (Å²) >= 11 is 0. The van der Waals surface area contributed by atoms with Crippen molar-refractivity contribution in [3.8, 4) is 5.75 Å². The number of allylic oxidation sites excluding steroid dienone is 1. The Bertz CT molecular complexity index is 1120. The molecule has 1 spiro atoms. The third-order valence-electron chi connectivity index (χ3n) is 7.12. The normalized spacial score (nSPS) is 17.8. The number of anilines is 1. The number of nitrogens with two attached hydrogens (primary N) is 1. The number of aromatic nitrogens is 1. The van der Waals surface area contributed by atoms with Crippen molar-refractivity contribution in [1.82, 2.24) is 9.88 Å². The average Bonchev–Trinajstić information content (AvgIpc) is 3.20. The lowest BCUT2D eigenvalue weighted by Gasteiger charge is -2.37. The van der Waals surface area contributed by atoms with E-state index in [1.165, 1.54) is 12.4 Å². The van der Waals surface area contributed by atoms with Gasteiger partial charge in [-0.3, -0.25) is 14.6 Å². The van der Waals surface area contributed by atoms with Gasteiger partial charge in [0.15, 0.2) is 0 Å². The molecule has 0 aliphatic carbocycles. The molecule has 2 aliphatic rings. The minimum atomic E-state index is -0.445. The largest absolute Gasteiger partial charge is 0.496 e. The number of rotatable bonds is 6. The number of ether oxygens (including phenoxy) is 1. The van der Waals surface area contributed by atoms with Crippen LogP contribution in [0.15, 0.2) is 42.7 Å². The number of pyridine rings is 1. The summed E-state index contributed by atoms with van der Waals surface area (Å²) in [5.41, 5.74) is 8.76. The molecule has 2 fully saturated rings. The smallest absolute Gasteiger partial charge is 0.272 e. The molecule has 0 radical (unpaired) electrons. The first-order valence-corrected chi connectivity index (χ1v) is 11.6. The Morgan fingerprint density at radius 2 is 1.94 bits per heavy atom. The summed E-state index contributed by atoms with van der Waals surface area (Å²) in [6, 6.07) is 9.25. The molecule has 2 amide bonds. The number of piperidine rings is 1. The monoisotopic (exact) mass is 461 g/mol. The highest BCUT2D eigenvalue weighted by Gasteiger charge is 2.49. The third kappa shape index (κ3) is 4.16. The van der Waals surface area contributed by atoms with E-state index < -0.39 is 5.41 Å². The number of nitrogens with one attached hydrogen (secondary N) is 1. The van der Waals surface area contributed by atoms with Crippen LogP contribution in [-0.2, 0) is 11.2 Å². The van der Waals surface area contributed by atoms with Crippen molar-refractivity contribution in [2.45, 2.75) is 32.6 Å². The lowest BCUT2D eigenvalue weighted by atomic mass is 9.77. The van der Waals surface area contributed by atoms with E-state index >= 15 is 0 Å². The maximum absolute atomic E-state index is 13.5. The van der Waals surface area contributed by atoms with Crippen LogP contribution in [0.25, 0.3) is 5.57 Å². The maximum atomic E-state index is 13.5. The molecule has 8 heteroatoms. The van der Waals surface area contributed by atoms with Crippen molar-refractivity contribution in [3.05, 3.63) is 59.5 Å². The Kier molecular flexibility index (Phi) is 6.68. The molecule has 34 heavy (non-hydrogen) atoms. The summed E-state index contributed by atoms with van der Waals surface area (Å²) in [6.45, 7) is 3.77. The molecule has 8 nitrogen and oxygen atoms in total. The number of amides is 2. The number of methoxy groups -OCH3 is 1. The minimum Gasteiger partial charge on any atom is -0.496 e. The molecular formula is C26H31N5O3. The number of benzene rings is 1. The molecular weight excluding hydrogens is 430 g/mol. The number of hydrogen-bond donors (Lipinski definition) is 2. The summed E-state index contributed by atoms with van der Waals surface area (Å²) in [5.74, 6) is 0.588. The molecule has 4 rings (SSSR count). The molecule has 178 valence electrons. The Morgan fingerprint density at radius 1 is 1.21 bits per heavy atom. The van der Waals surface area contributed by atoms with Gasteiger partial charge in [-0.15, -0.1) is 0 Å². The fraction of sp³-hybridized carbons (Fsp3) is 0.385. The van der Waals surface area contributed by atoms with Crippen molar-refractivity contribution < 1.29 is 14.3 Å². The molecule has 2 saturated heterocycles. The van der Waals surface area contributed by atoms with Crippen LogP contribution in [0.4, 0.5) is 5.69 Å². The van der Waals surface area contributed by atoms with Crippen LogP contribution >= 0.6 is 0 Å². The predicted molar refractivity (Wildman–Crippen MR) is 132 cm³/mol. The molecule has 0 atom stereocenters. The molecule has 0 bridgehead atoms. The third-order valence-corrected chi connectivity index (χ3v) is 7.12. The van der Waals surface area contributed by atoms with Gasteiger partial charge in [0.1, 0.15) is 11.4 Å². The standard InChI is InChI=1S/C26H31N5O3/c1-3-18-4-7-22(29-17-18)24(32)30-11-8-26(9-12-30)10-13-31(25(26)33)20-5-6-21(19(15-27)16-28)23(14-20)34-2/h4-7,14-17,27H,3,8-13,28H2,1-2H3/b19-16+,27-15?. The van der Waals surface area contributed by atoms with E-state index in [2.05, 4.69) is 11.9 Å². The Labute approximate surface area is 199 Å². The molecule has 3 N–H and O–H groups in total. The Balaban J connectivity index is 1.46. The minimum absolute atomic E-state index is 0.0740. The number of likely N-dealkylation sites (tertiary alicyclic amines) is 1. The van der Waals surface area contributed by atoms with Gasteiger partial charge < -0.3 is 25.7 Å². The fourth-order valence-electron chi connectivity index (χ4n) is 4.89. The summed E-state index contributed by atoms with van der Waals surface area (Å²) in [5, 5.41) is 7.55. The molecule has 3 heterocycles. The maximum Gasteiger partial charge on any atom is 0.272 e. The van der Waals surface area contributed by atoms with E-state index in [0.29, 0.717) is 55.1 Å². The zero-order valence-electron chi connectivity index (χ0n) is 19.7. The van der Waals surface area contributed by atoms with Crippen molar-refractivity contribution >= 4 is 29.3 Å². The second-order valence-electron chi connectivity index (χ2n) is 8.84. The van der Waals surface area contributed by atoms with Crippen molar-refractivity contribution in [2.75, 3.05) is 31.6 Å². The van der Waals surface area contributed by atoms with Gasteiger partial charge in [-0.1, -0.05) is 13.0 Å². The molecule has 1 aromatic carbocycles. The van der Waals surface area contributed by atoms with Crippen LogP contribution in [0.3, 0.4) is 0 Å². The van der Waals surface area contributed by atoms with E-state index in [9.17, 15) is 9.59 Å². The fourth-order valence-corrected chi connectivity index (χ4v) is 4.89. The highest BCUT2D eigenvalue weighted by Crippen LogP contribution is 2.44. The van der Waals surface area contributed by atoms with E-state index in [1.54, 1.807) is 19.4 Å². The van der Waals surface area contributed by atoms with Crippen LogP contribution in [0.1, 0.15) is 47.8 Å². The zero-order valence-corrected chi connectivity index (χ0v) is 19.7. The van der Waals surface area contributed by atoms with Crippen LogP contribution in [0.2, 0.25) is 0 Å². The Morgan fingerprint density at radius 3 is 2.53 bits per heavy atom. The lowest BCUT2D eigenvalue weighted by Crippen LogP contribution is -2.46. The number of carbonyl (C=O) groups excluding carboxylic acids is 2. The van der Waals surface area contributed by atoms with Gasteiger partial charge in [-0.2, -0.15) is 0 Å². The first-order chi connectivity index (χ1) is 16.5. The summed E-state index contributed by atoms with van der Waals surface area (Å²) in [6.07, 6.45) is 7.23. The topological polar surface area (TPSA) is 113 Å². The van der Waals surface area contributed by atoms with Gasteiger partial charge >= 0.3 is 0 Å². The second kappa shape index (κ2) is 9.67. The SMILES string of the molecule is CCc1ccc(C(=O)N2CCC3(CC2)CCN(c2ccc(/C(C=N)=C/N)c(OC)c2)C3=O)nc1. The van der Waals surface area contributed by atoms with Gasteiger partial charge in [0.05, 0.1) is 12.5 Å². The average molecular weight is 462 g/mol. The van der Waals surface area contributed by atoms with E-state index in [1.807, 2.05) is 34.1 Å². The number of nitrogens with zero attached hydrogens (tertiary/aromatic N) is 3. The number of carbonyl (C=O) groups is 2. The Hall–Kier alpha value is -3.68. The van der Waals surface area contributed by atoms with E-state index in [-0.39, 0.29) is 11.8 Å². The first kappa shape index (κ1) is 23.5.